The summed E-state index contributed by atoms with van der Waals surface area (Å²) in [5, 5.41) is 10.5. The van der Waals surface area contributed by atoms with E-state index in [1.165, 1.54) is 35.6 Å². The van der Waals surface area contributed by atoms with E-state index < -0.39 is 22.4 Å². The third-order valence-electron chi connectivity index (χ3n) is 1.69. The molecule has 0 unspecified atom stereocenters. The fraction of sp³-hybridized carbons (Fsp3) is 0.250. The number of nitrogens with zero attached hydrogens (tertiary/aromatic N) is 1. The van der Waals surface area contributed by atoms with Crippen molar-refractivity contribution in [1.82, 2.24) is 0 Å². The van der Waals surface area contributed by atoms with Crippen molar-refractivity contribution in [3.63, 3.8) is 0 Å². The van der Waals surface area contributed by atoms with Crippen LogP contribution in [0.15, 0.2) is 12.1 Å². The summed E-state index contributed by atoms with van der Waals surface area (Å²) in [6.07, 6.45) is -4.70. The van der Waals surface area contributed by atoms with Crippen LogP contribution in [0, 0.1) is 20.6 Å². The number of benzene rings is 1. The lowest BCUT2D eigenvalue weighted by Crippen LogP contribution is -2.11. The van der Waals surface area contributed by atoms with E-state index >= 15 is 0 Å². The molecular formula is C8H5F3INO2. The van der Waals surface area contributed by atoms with E-state index in [2.05, 4.69) is 0 Å². The maximum absolute atomic E-state index is 12.5. The first kappa shape index (κ1) is 12.2. The number of aryl methyl sites for hydroxylation is 1. The van der Waals surface area contributed by atoms with E-state index in [0.717, 1.165) is 6.07 Å². The second-order valence-corrected chi connectivity index (χ2v) is 4.06. The molecule has 0 N–H and O–H groups in total. The number of alkyl halides is 3. The molecule has 0 atom stereocenters. The molecule has 0 radical (unpaired) electrons. The highest BCUT2D eigenvalue weighted by Crippen LogP contribution is 2.39. The maximum Gasteiger partial charge on any atom is 0.424 e. The molecule has 15 heavy (non-hydrogen) atoms. The Morgan fingerprint density at radius 1 is 1.40 bits per heavy atom. The average molecular weight is 331 g/mol. The molecule has 82 valence electrons. The van der Waals surface area contributed by atoms with Gasteiger partial charge in [0.1, 0.15) is 5.56 Å². The fourth-order valence-corrected chi connectivity index (χ4v) is 2.22. The summed E-state index contributed by atoms with van der Waals surface area (Å²) in [7, 11) is 0. The second-order valence-electron chi connectivity index (χ2n) is 2.90. The first-order chi connectivity index (χ1) is 6.73. The highest BCUT2D eigenvalue weighted by molar-refractivity contribution is 14.1. The van der Waals surface area contributed by atoms with Gasteiger partial charge >= 0.3 is 6.18 Å². The van der Waals surface area contributed by atoms with Gasteiger partial charge in [0, 0.05) is 9.64 Å². The molecule has 1 aromatic carbocycles. The summed E-state index contributed by atoms with van der Waals surface area (Å²) in [6.45, 7) is 1.51. The van der Waals surface area contributed by atoms with Gasteiger partial charge < -0.3 is 0 Å². The molecule has 0 fully saturated rings. The van der Waals surface area contributed by atoms with Crippen LogP contribution in [-0.2, 0) is 6.18 Å². The van der Waals surface area contributed by atoms with E-state index in [1.54, 1.807) is 0 Å². The Bertz CT molecular complexity index is 417. The number of hydrogen-bond donors (Lipinski definition) is 0. The Labute approximate surface area is 96.6 Å². The van der Waals surface area contributed by atoms with E-state index in [4.69, 9.17) is 0 Å². The van der Waals surface area contributed by atoms with E-state index in [-0.39, 0.29) is 3.57 Å². The summed E-state index contributed by atoms with van der Waals surface area (Å²) < 4.78 is 37.3. The Hall–Kier alpha value is -0.860. The molecule has 0 aromatic heterocycles. The normalized spacial score (nSPS) is 11.5. The van der Waals surface area contributed by atoms with Crippen molar-refractivity contribution < 1.29 is 18.1 Å². The SMILES string of the molecule is Cc1cc(I)c(C(F)(F)F)c([N+](=O)[O-])c1. The molecule has 0 aliphatic carbocycles. The lowest BCUT2D eigenvalue weighted by atomic mass is 10.1. The molecular weight excluding hydrogens is 326 g/mol. The van der Waals surface area contributed by atoms with E-state index in [0.29, 0.717) is 5.56 Å². The van der Waals surface area contributed by atoms with Gasteiger partial charge in [0.05, 0.1) is 4.92 Å². The molecule has 0 aliphatic rings. The molecule has 3 nitrogen and oxygen atoms in total. The minimum atomic E-state index is -4.70. The van der Waals surface area contributed by atoms with Gasteiger partial charge in [-0.2, -0.15) is 13.2 Å². The Morgan fingerprint density at radius 3 is 2.33 bits per heavy atom. The van der Waals surface area contributed by atoms with Crippen LogP contribution < -0.4 is 0 Å². The summed E-state index contributed by atoms with van der Waals surface area (Å²) in [6, 6.07) is 2.18. The van der Waals surface area contributed by atoms with Crippen LogP contribution in [0.25, 0.3) is 0 Å². The smallest absolute Gasteiger partial charge is 0.258 e. The Balaban J connectivity index is 3.55. The van der Waals surface area contributed by atoms with Gasteiger partial charge in [0.15, 0.2) is 0 Å². The summed E-state index contributed by atoms with van der Waals surface area (Å²) in [5.74, 6) is 0. The lowest BCUT2D eigenvalue weighted by Gasteiger charge is -2.10. The van der Waals surface area contributed by atoms with Crippen molar-refractivity contribution in [3.05, 3.63) is 36.9 Å². The van der Waals surface area contributed by atoms with E-state index in [1.807, 2.05) is 0 Å². The predicted octanol–water partition coefficient (Wildman–Crippen LogP) is 3.53. The van der Waals surface area contributed by atoms with Gasteiger partial charge in [-0.25, -0.2) is 0 Å². The van der Waals surface area contributed by atoms with E-state index in [9.17, 15) is 23.3 Å². The zero-order valence-corrected chi connectivity index (χ0v) is 9.59. The van der Waals surface area contributed by atoms with Crippen LogP contribution >= 0.6 is 22.6 Å². The largest absolute Gasteiger partial charge is 0.424 e. The number of nitro groups is 1. The van der Waals surface area contributed by atoms with Gasteiger partial charge in [0.2, 0.25) is 0 Å². The first-order valence-corrected chi connectivity index (χ1v) is 4.83. The molecule has 1 aromatic rings. The van der Waals surface area contributed by atoms with Crippen molar-refractivity contribution >= 4 is 28.3 Å². The molecule has 0 bridgehead atoms. The quantitative estimate of drug-likeness (QED) is 0.449. The van der Waals surface area contributed by atoms with Crippen molar-refractivity contribution in [2.24, 2.45) is 0 Å². The summed E-state index contributed by atoms with van der Waals surface area (Å²) in [5.41, 5.74) is -1.65. The molecule has 0 heterocycles. The van der Waals surface area contributed by atoms with Crippen molar-refractivity contribution in [3.8, 4) is 0 Å². The van der Waals surface area contributed by atoms with Crippen molar-refractivity contribution in [1.29, 1.82) is 0 Å². The summed E-state index contributed by atoms with van der Waals surface area (Å²) in [4.78, 5) is 9.46. The highest BCUT2D eigenvalue weighted by Gasteiger charge is 2.40. The van der Waals surface area contributed by atoms with Crippen molar-refractivity contribution in [2.45, 2.75) is 13.1 Å². The van der Waals surface area contributed by atoms with Crippen LogP contribution in [0.3, 0.4) is 0 Å². The molecule has 0 amide bonds. The topological polar surface area (TPSA) is 43.1 Å². The Kier molecular flexibility index (Phi) is 3.22. The summed E-state index contributed by atoms with van der Waals surface area (Å²) >= 11 is 1.45. The number of halogens is 4. The van der Waals surface area contributed by atoms with Gasteiger partial charge in [-0.3, -0.25) is 10.1 Å². The van der Waals surface area contributed by atoms with Gasteiger partial charge in [0.25, 0.3) is 5.69 Å². The first-order valence-electron chi connectivity index (χ1n) is 3.75. The zero-order valence-electron chi connectivity index (χ0n) is 7.43. The van der Waals surface area contributed by atoms with Gasteiger partial charge in [-0.1, -0.05) is 0 Å². The minimum absolute atomic E-state index is 0.160. The van der Waals surface area contributed by atoms with Crippen molar-refractivity contribution in [2.75, 3.05) is 0 Å². The third-order valence-corrected chi connectivity index (χ3v) is 2.54. The van der Waals surface area contributed by atoms with Crippen LogP contribution in [0.2, 0.25) is 0 Å². The standard InChI is InChI=1S/C8H5F3INO2/c1-4-2-5(12)7(8(9,10)11)6(3-4)13(14)15/h2-3H,1H3. The molecule has 0 saturated carbocycles. The van der Waals surface area contributed by atoms with Crippen LogP contribution in [-0.4, -0.2) is 4.92 Å². The maximum atomic E-state index is 12.5. The zero-order chi connectivity index (χ0) is 11.8. The fourth-order valence-electron chi connectivity index (χ4n) is 1.15. The van der Waals surface area contributed by atoms with Crippen LogP contribution in [0.1, 0.15) is 11.1 Å². The average Bonchev–Trinajstić information content (AvgIpc) is 1.99. The van der Waals surface area contributed by atoms with Gasteiger partial charge in [-0.05, 0) is 41.1 Å². The highest BCUT2D eigenvalue weighted by atomic mass is 127. The van der Waals surface area contributed by atoms with Gasteiger partial charge in [-0.15, -0.1) is 0 Å². The molecule has 0 spiro atoms. The van der Waals surface area contributed by atoms with Crippen LogP contribution in [0.4, 0.5) is 18.9 Å². The monoisotopic (exact) mass is 331 g/mol. The number of rotatable bonds is 1. The second kappa shape index (κ2) is 3.95. The molecule has 1 rings (SSSR count). The number of nitro benzene ring substituents is 1. The predicted molar refractivity (Wildman–Crippen MR) is 55.6 cm³/mol. The third kappa shape index (κ3) is 2.58. The number of hydrogen-bond acceptors (Lipinski definition) is 2. The Morgan fingerprint density at radius 2 is 1.93 bits per heavy atom. The lowest BCUT2D eigenvalue weighted by molar-refractivity contribution is -0.388. The van der Waals surface area contributed by atoms with Crippen LogP contribution in [0.5, 0.6) is 0 Å². The minimum Gasteiger partial charge on any atom is -0.258 e. The molecule has 0 saturated heterocycles. The molecule has 7 heteroatoms. The molecule has 0 aliphatic heterocycles.